The van der Waals surface area contributed by atoms with Crippen LogP contribution in [0.1, 0.15) is 24.3 Å². The van der Waals surface area contributed by atoms with Crippen molar-refractivity contribution in [1.29, 1.82) is 0 Å². The molecule has 150 valence electrons. The third kappa shape index (κ3) is 5.79. The molecule has 0 bridgehead atoms. The first kappa shape index (κ1) is 22.4. The molecule has 0 aliphatic carbocycles. The molecule has 0 radical (unpaired) electrons. The highest BCUT2D eigenvalue weighted by Gasteiger charge is 2.24. The fraction of sp³-hybridized carbons (Fsp3) is 0.300. The lowest BCUT2D eigenvalue weighted by Crippen LogP contribution is -2.44. The summed E-state index contributed by atoms with van der Waals surface area (Å²) >= 11 is 1.55. The van der Waals surface area contributed by atoms with Gasteiger partial charge in [-0.15, -0.1) is 35.3 Å². The van der Waals surface area contributed by atoms with E-state index in [4.69, 9.17) is 0 Å². The van der Waals surface area contributed by atoms with Crippen molar-refractivity contribution in [3.63, 3.8) is 0 Å². The lowest BCUT2D eigenvalue weighted by Gasteiger charge is -2.23. The molecule has 0 amide bonds. The van der Waals surface area contributed by atoms with Gasteiger partial charge in [-0.25, -0.2) is 9.67 Å². The fourth-order valence-electron chi connectivity index (χ4n) is 2.71. The molecule has 0 spiro atoms. The quantitative estimate of drug-likeness (QED) is 0.258. The van der Waals surface area contributed by atoms with Gasteiger partial charge < -0.3 is 15.7 Å². The van der Waals surface area contributed by atoms with E-state index < -0.39 is 5.60 Å². The molecule has 3 rings (SSSR count). The van der Waals surface area contributed by atoms with E-state index in [1.165, 1.54) is 0 Å². The molecule has 8 heteroatoms. The Bertz CT molecular complexity index is 863. The van der Waals surface area contributed by atoms with Gasteiger partial charge in [0.2, 0.25) is 0 Å². The zero-order valence-electron chi connectivity index (χ0n) is 16.0. The van der Waals surface area contributed by atoms with E-state index in [1.807, 2.05) is 72.6 Å². The molecule has 0 saturated heterocycles. The summed E-state index contributed by atoms with van der Waals surface area (Å²) in [5.41, 5.74) is 1.13. The molecule has 0 saturated carbocycles. The van der Waals surface area contributed by atoms with E-state index in [-0.39, 0.29) is 24.0 Å². The molecule has 0 aliphatic rings. The molecule has 1 atom stereocenters. The summed E-state index contributed by atoms with van der Waals surface area (Å²) in [6, 6.07) is 13.9. The standard InChI is InChI=1S/C20H25N5OS.HI/c1-3-21-19(23-15-20(2,26)18-10-6-13-27-18)22-14-16-8-4-5-9-17(16)25-12-7-11-24-25;/h4-13,26H,3,14-15H2,1-2H3,(H2,21,22,23);1H. The van der Waals surface area contributed by atoms with Gasteiger partial charge in [0.15, 0.2) is 5.96 Å². The Morgan fingerprint density at radius 3 is 2.71 bits per heavy atom. The molecule has 2 aromatic heterocycles. The normalized spacial score (nSPS) is 13.5. The monoisotopic (exact) mass is 511 g/mol. The van der Waals surface area contributed by atoms with Gasteiger partial charge in [0.05, 0.1) is 18.8 Å². The van der Waals surface area contributed by atoms with Crippen molar-refractivity contribution < 1.29 is 5.11 Å². The fourth-order valence-corrected chi connectivity index (χ4v) is 3.50. The van der Waals surface area contributed by atoms with E-state index in [1.54, 1.807) is 17.5 Å². The van der Waals surface area contributed by atoms with Gasteiger partial charge in [-0.2, -0.15) is 5.10 Å². The Labute approximate surface area is 186 Å². The number of para-hydroxylation sites is 1. The smallest absolute Gasteiger partial charge is 0.191 e. The number of rotatable bonds is 7. The molecule has 3 aromatic rings. The van der Waals surface area contributed by atoms with Crippen LogP contribution >= 0.6 is 35.3 Å². The van der Waals surface area contributed by atoms with Gasteiger partial charge in [0, 0.05) is 23.8 Å². The number of benzene rings is 1. The topological polar surface area (TPSA) is 74.5 Å². The molecular formula is C20H26IN5OS. The van der Waals surface area contributed by atoms with Crippen LogP contribution in [0.2, 0.25) is 0 Å². The van der Waals surface area contributed by atoms with Crippen LogP contribution in [0.3, 0.4) is 0 Å². The van der Waals surface area contributed by atoms with Crippen molar-refractivity contribution >= 4 is 41.3 Å². The third-order valence-corrected chi connectivity index (χ3v) is 5.27. The second-order valence-corrected chi connectivity index (χ2v) is 7.33. The maximum absolute atomic E-state index is 10.7. The highest BCUT2D eigenvalue weighted by molar-refractivity contribution is 14.0. The largest absolute Gasteiger partial charge is 0.383 e. The van der Waals surface area contributed by atoms with Crippen LogP contribution in [0.4, 0.5) is 0 Å². The first-order valence-electron chi connectivity index (χ1n) is 8.96. The van der Waals surface area contributed by atoms with E-state index >= 15 is 0 Å². The molecule has 28 heavy (non-hydrogen) atoms. The third-order valence-electron chi connectivity index (χ3n) is 4.15. The Morgan fingerprint density at radius 2 is 2.04 bits per heavy atom. The number of aliphatic imine (C=N–C) groups is 1. The van der Waals surface area contributed by atoms with Crippen LogP contribution in [-0.4, -0.2) is 33.9 Å². The number of nitrogens with zero attached hydrogens (tertiary/aromatic N) is 3. The van der Waals surface area contributed by atoms with Gasteiger partial charge in [-0.05, 0) is 43.0 Å². The highest BCUT2D eigenvalue weighted by Crippen LogP contribution is 2.24. The maximum atomic E-state index is 10.7. The van der Waals surface area contributed by atoms with Crippen molar-refractivity contribution in [1.82, 2.24) is 20.4 Å². The number of thiophene rings is 1. The number of hydrogen-bond acceptors (Lipinski definition) is 4. The van der Waals surface area contributed by atoms with Crippen molar-refractivity contribution in [3.8, 4) is 5.69 Å². The number of guanidine groups is 1. The summed E-state index contributed by atoms with van der Waals surface area (Å²) in [7, 11) is 0. The second-order valence-electron chi connectivity index (χ2n) is 6.38. The number of nitrogens with one attached hydrogen (secondary N) is 2. The van der Waals surface area contributed by atoms with Crippen molar-refractivity contribution in [2.24, 2.45) is 4.99 Å². The Hall–Kier alpha value is -1.91. The van der Waals surface area contributed by atoms with E-state index in [0.29, 0.717) is 19.0 Å². The summed E-state index contributed by atoms with van der Waals surface area (Å²) in [4.78, 5) is 5.61. The predicted molar refractivity (Wildman–Crippen MR) is 126 cm³/mol. The Kier molecular flexibility index (Phi) is 8.46. The van der Waals surface area contributed by atoms with Crippen LogP contribution in [0.15, 0.2) is 65.2 Å². The molecule has 1 unspecified atom stereocenters. The van der Waals surface area contributed by atoms with E-state index in [2.05, 4.69) is 20.7 Å². The van der Waals surface area contributed by atoms with Gasteiger partial charge in [0.25, 0.3) is 0 Å². The van der Waals surface area contributed by atoms with Crippen LogP contribution in [0, 0.1) is 0 Å². The van der Waals surface area contributed by atoms with Gasteiger partial charge in [-0.1, -0.05) is 24.3 Å². The number of hydrogen-bond donors (Lipinski definition) is 3. The number of aromatic nitrogens is 2. The first-order chi connectivity index (χ1) is 13.1. The first-order valence-corrected chi connectivity index (χ1v) is 9.84. The highest BCUT2D eigenvalue weighted by atomic mass is 127. The molecule has 1 aromatic carbocycles. The number of aliphatic hydroxyl groups is 1. The molecule has 6 nitrogen and oxygen atoms in total. The van der Waals surface area contributed by atoms with Crippen molar-refractivity contribution in [2.75, 3.05) is 13.1 Å². The lowest BCUT2D eigenvalue weighted by atomic mass is 10.1. The van der Waals surface area contributed by atoms with Crippen LogP contribution in [0.25, 0.3) is 5.69 Å². The van der Waals surface area contributed by atoms with Crippen molar-refractivity contribution in [2.45, 2.75) is 26.0 Å². The Balaban J connectivity index is 0.00000280. The molecule has 0 fully saturated rings. The SMILES string of the molecule is CCNC(=NCc1ccccc1-n1cccn1)NCC(C)(O)c1cccs1.I. The van der Waals surface area contributed by atoms with Crippen LogP contribution in [0.5, 0.6) is 0 Å². The lowest BCUT2D eigenvalue weighted by molar-refractivity contribution is 0.0655. The summed E-state index contributed by atoms with van der Waals surface area (Å²) in [6.07, 6.45) is 3.68. The Morgan fingerprint density at radius 1 is 1.21 bits per heavy atom. The van der Waals surface area contributed by atoms with Crippen LogP contribution in [-0.2, 0) is 12.1 Å². The van der Waals surface area contributed by atoms with Crippen LogP contribution < -0.4 is 10.6 Å². The van der Waals surface area contributed by atoms with E-state index in [0.717, 1.165) is 22.7 Å². The van der Waals surface area contributed by atoms with Gasteiger partial charge >= 0.3 is 0 Å². The summed E-state index contributed by atoms with van der Waals surface area (Å²) in [5.74, 6) is 0.671. The van der Waals surface area contributed by atoms with Crippen molar-refractivity contribution in [3.05, 3.63) is 70.7 Å². The zero-order valence-corrected chi connectivity index (χ0v) is 19.1. The van der Waals surface area contributed by atoms with Gasteiger partial charge in [0.1, 0.15) is 5.60 Å². The summed E-state index contributed by atoms with van der Waals surface area (Å²) < 4.78 is 1.84. The summed E-state index contributed by atoms with van der Waals surface area (Å²) in [6.45, 7) is 5.45. The molecule has 2 heterocycles. The minimum absolute atomic E-state index is 0. The maximum Gasteiger partial charge on any atom is 0.191 e. The second kappa shape index (κ2) is 10.6. The van der Waals surface area contributed by atoms with E-state index in [9.17, 15) is 5.11 Å². The number of halogens is 1. The average Bonchev–Trinajstić information content (AvgIpc) is 3.38. The molecule has 0 aliphatic heterocycles. The zero-order chi connectivity index (χ0) is 19.1. The minimum atomic E-state index is -0.947. The van der Waals surface area contributed by atoms with Gasteiger partial charge in [-0.3, -0.25) is 0 Å². The predicted octanol–water partition coefficient (Wildman–Crippen LogP) is 3.51. The molecule has 3 N–H and O–H groups in total. The minimum Gasteiger partial charge on any atom is -0.383 e. The average molecular weight is 511 g/mol. The molecular weight excluding hydrogens is 485 g/mol. The summed E-state index contributed by atoms with van der Waals surface area (Å²) in [5, 5.41) is 23.5.